The summed E-state index contributed by atoms with van der Waals surface area (Å²) in [5, 5.41) is 0. The number of aromatic nitrogens is 1. The van der Waals surface area contributed by atoms with E-state index in [9.17, 15) is 9.59 Å². The van der Waals surface area contributed by atoms with Crippen LogP contribution in [0.25, 0.3) is 0 Å². The molecule has 0 spiro atoms. The average molecular weight is 469 g/mol. The fourth-order valence-corrected chi connectivity index (χ4v) is 4.07. The molecule has 0 saturated carbocycles. The monoisotopic (exact) mass is 468 g/mol. The number of amides is 2. The van der Waals surface area contributed by atoms with E-state index >= 15 is 0 Å². The molecule has 0 radical (unpaired) electrons. The third kappa shape index (κ3) is 6.24. The minimum atomic E-state index is -0.0694. The number of morpholine rings is 1. The first-order valence-electron chi connectivity index (χ1n) is 11.8. The lowest BCUT2D eigenvalue weighted by Gasteiger charge is -2.36. The highest BCUT2D eigenvalue weighted by molar-refractivity contribution is 5.95. The topological polar surface area (TPSA) is 84.4 Å². The maximum atomic E-state index is 13.1. The lowest BCUT2D eigenvalue weighted by molar-refractivity contribution is -0.134. The zero-order chi connectivity index (χ0) is 23.8. The molecule has 9 heteroatoms. The van der Waals surface area contributed by atoms with E-state index in [1.54, 1.807) is 35.5 Å². The van der Waals surface area contributed by atoms with E-state index in [2.05, 4.69) is 9.88 Å². The Morgan fingerprint density at radius 3 is 2.44 bits per heavy atom. The van der Waals surface area contributed by atoms with Gasteiger partial charge in [0.2, 0.25) is 5.91 Å². The summed E-state index contributed by atoms with van der Waals surface area (Å²) in [6.07, 6.45) is 3.47. The van der Waals surface area contributed by atoms with Gasteiger partial charge in [-0.1, -0.05) is 6.07 Å². The van der Waals surface area contributed by atoms with Gasteiger partial charge >= 0.3 is 0 Å². The number of benzene rings is 1. The zero-order valence-corrected chi connectivity index (χ0v) is 19.6. The van der Waals surface area contributed by atoms with E-state index < -0.39 is 0 Å². The highest BCUT2D eigenvalue weighted by atomic mass is 16.5. The van der Waals surface area contributed by atoms with Crippen LogP contribution in [-0.4, -0.2) is 97.1 Å². The largest absolute Gasteiger partial charge is 0.490 e. The molecule has 182 valence electrons. The molecule has 1 aromatic heterocycles. The Hall–Kier alpha value is -3.17. The van der Waals surface area contributed by atoms with Crippen LogP contribution in [0.1, 0.15) is 22.8 Å². The number of carbonyl (C=O) groups is 2. The first-order chi connectivity index (χ1) is 16.6. The maximum absolute atomic E-state index is 13.1. The van der Waals surface area contributed by atoms with E-state index in [0.717, 1.165) is 18.7 Å². The van der Waals surface area contributed by atoms with Crippen LogP contribution in [0.15, 0.2) is 42.7 Å². The molecule has 4 rings (SSSR count). The number of nitrogens with zero attached hydrogens (tertiary/aromatic N) is 4. The molecule has 0 atom stereocenters. The van der Waals surface area contributed by atoms with Gasteiger partial charge in [-0.05, 0) is 31.2 Å². The van der Waals surface area contributed by atoms with Crippen LogP contribution >= 0.6 is 0 Å². The third-order valence-corrected chi connectivity index (χ3v) is 5.99. The van der Waals surface area contributed by atoms with Gasteiger partial charge in [0.25, 0.3) is 5.91 Å². The van der Waals surface area contributed by atoms with Crippen molar-refractivity contribution in [3.8, 4) is 11.5 Å². The molecule has 2 fully saturated rings. The number of pyridine rings is 1. The highest BCUT2D eigenvalue weighted by Gasteiger charge is 2.26. The Kier molecular flexibility index (Phi) is 8.32. The number of carbonyl (C=O) groups excluding carboxylic acids is 2. The molecule has 2 aliphatic heterocycles. The summed E-state index contributed by atoms with van der Waals surface area (Å²) in [6.45, 7) is 8.16. The van der Waals surface area contributed by atoms with Crippen molar-refractivity contribution in [2.24, 2.45) is 0 Å². The minimum absolute atomic E-state index is 0.0694. The summed E-state index contributed by atoms with van der Waals surface area (Å²) in [4.78, 5) is 35.6. The van der Waals surface area contributed by atoms with Gasteiger partial charge in [0.15, 0.2) is 11.5 Å². The number of rotatable bonds is 8. The summed E-state index contributed by atoms with van der Waals surface area (Å²) in [6, 6.07) is 9.08. The van der Waals surface area contributed by atoms with E-state index in [-0.39, 0.29) is 11.8 Å². The zero-order valence-electron chi connectivity index (χ0n) is 19.6. The van der Waals surface area contributed by atoms with Gasteiger partial charge in [0, 0.05) is 62.8 Å². The van der Waals surface area contributed by atoms with Crippen LogP contribution in [0.4, 0.5) is 0 Å². The van der Waals surface area contributed by atoms with Gasteiger partial charge < -0.3 is 24.0 Å². The molecule has 2 aromatic rings. The van der Waals surface area contributed by atoms with Gasteiger partial charge in [-0.15, -0.1) is 0 Å². The van der Waals surface area contributed by atoms with Crippen molar-refractivity contribution < 1.29 is 23.8 Å². The summed E-state index contributed by atoms with van der Waals surface area (Å²) in [5.74, 6) is 1.17. The van der Waals surface area contributed by atoms with Crippen molar-refractivity contribution in [1.29, 1.82) is 0 Å². The summed E-state index contributed by atoms with van der Waals surface area (Å²) >= 11 is 0. The maximum Gasteiger partial charge on any atom is 0.254 e. The molecule has 2 aliphatic rings. The second-order valence-electron chi connectivity index (χ2n) is 8.31. The summed E-state index contributed by atoms with van der Waals surface area (Å²) in [5.41, 5.74) is 1.50. The van der Waals surface area contributed by atoms with E-state index in [1.807, 2.05) is 24.0 Å². The molecule has 0 unspecified atom stereocenters. The molecule has 1 aromatic carbocycles. The molecule has 0 N–H and O–H groups in total. The van der Waals surface area contributed by atoms with Crippen molar-refractivity contribution in [3.05, 3.63) is 53.9 Å². The van der Waals surface area contributed by atoms with Crippen LogP contribution < -0.4 is 9.47 Å². The fourth-order valence-electron chi connectivity index (χ4n) is 4.07. The van der Waals surface area contributed by atoms with Crippen molar-refractivity contribution in [3.63, 3.8) is 0 Å². The molecular formula is C25H32N4O5. The lowest BCUT2D eigenvalue weighted by atomic mass is 10.1. The molecule has 3 heterocycles. The van der Waals surface area contributed by atoms with E-state index in [4.69, 9.17) is 14.2 Å². The molecule has 0 aliphatic carbocycles. The van der Waals surface area contributed by atoms with Gasteiger partial charge in [0.05, 0.1) is 26.4 Å². The molecule has 0 bridgehead atoms. The van der Waals surface area contributed by atoms with Crippen LogP contribution in [0.2, 0.25) is 0 Å². The van der Waals surface area contributed by atoms with Crippen LogP contribution in [0.3, 0.4) is 0 Å². The summed E-state index contributed by atoms with van der Waals surface area (Å²) < 4.78 is 17.0. The van der Waals surface area contributed by atoms with Crippen molar-refractivity contribution >= 4 is 11.8 Å². The van der Waals surface area contributed by atoms with Crippen LogP contribution in [0, 0.1) is 0 Å². The quantitative estimate of drug-likeness (QED) is 0.583. The Morgan fingerprint density at radius 2 is 1.74 bits per heavy atom. The first kappa shape index (κ1) is 24.0. The summed E-state index contributed by atoms with van der Waals surface area (Å²) in [7, 11) is 0. The second kappa shape index (κ2) is 11.8. The Balaban J connectivity index is 1.33. The number of hydrogen-bond donors (Lipinski definition) is 0. The minimum Gasteiger partial charge on any atom is -0.490 e. The Labute approximate surface area is 200 Å². The van der Waals surface area contributed by atoms with E-state index in [0.29, 0.717) is 76.2 Å². The van der Waals surface area contributed by atoms with Crippen molar-refractivity contribution in [1.82, 2.24) is 19.7 Å². The van der Waals surface area contributed by atoms with Crippen LogP contribution in [0.5, 0.6) is 11.5 Å². The third-order valence-electron chi connectivity index (χ3n) is 5.99. The molecule has 2 amide bonds. The lowest BCUT2D eigenvalue weighted by Crippen LogP contribution is -2.53. The Morgan fingerprint density at radius 1 is 0.971 bits per heavy atom. The smallest absolute Gasteiger partial charge is 0.254 e. The molecular weight excluding hydrogens is 436 g/mol. The molecule has 34 heavy (non-hydrogen) atoms. The number of ether oxygens (including phenoxy) is 3. The second-order valence-corrected chi connectivity index (χ2v) is 8.31. The fraction of sp³-hybridized carbons (Fsp3) is 0.480. The van der Waals surface area contributed by atoms with Gasteiger partial charge in [-0.2, -0.15) is 0 Å². The van der Waals surface area contributed by atoms with Gasteiger partial charge in [-0.3, -0.25) is 19.5 Å². The predicted molar refractivity (Wildman–Crippen MR) is 126 cm³/mol. The normalized spacial score (nSPS) is 16.9. The standard InChI is InChI=1S/C25H32N4O5/c1-2-33-23-16-21(5-6-22(23)34-19-20-4-3-7-26-17-20)25(31)29-10-8-28(9-11-29)24(30)18-27-12-14-32-15-13-27/h3-7,16-17H,2,8-15,18-19H2,1H3. The number of hydrogen-bond acceptors (Lipinski definition) is 7. The number of piperazine rings is 1. The van der Waals surface area contributed by atoms with Gasteiger partial charge in [-0.25, -0.2) is 0 Å². The molecule has 9 nitrogen and oxygen atoms in total. The SMILES string of the molecule is CCOc1cc(C(=O)N2CCN(C(=O)CN3CCOCC3)CC2)ccc1OCc1cccnc1. The first-order valence-corrected chi connectivity index (χ1v) is 11.8. The average Bonchev–Trinajstić information content (AvgIpc) is 2.89. The van der Waals surface area contributed by atoms with Crippen LogP contribution in [-0.2, 0) is 16.1 Å². The van der Waals surface area contributed by atoms with E-state index in [1.165, 1.54) is 0 Å². The molecule has 2 saturated heterocycles. The van der Waals surface area contributed by atoms with Crippen molar-refractivity contribution in [2.45, 2.75) is 13.5 Å². The Bertz CT molecular complexity index is 957. The predicted octanol–water partition coefficient (Wildman–Crippen LogP) is 1.68. The van der Waals surface area contributed by atoms with Crippen molar-refractivity contribution in [2.75, 3.05) is 65.6 Å². The van der Waals surface area contributed by atoms with Gasteiger partial charge in [0.1, 0.15) is 6.61 Å². The highest BCUT2D eigenvalue weighted by Crippen LogP contribution is 2.30.